The van der Waals surface area contributed by atoms with Crippen molar-refractivity contribution in [2.24, 2.45) is 17.2 Å². The molecule has 30 heavy (non-hydrogen) atoms. The average molecular weight is 409 g/mol. The molecule has 0 spiro atoms. The third-order valence-corrected chi connectivity index (χ3v) is 5.92. The molecule has 4 rings (SSSR count). The number of aromatic hydroxyl groups is 1. The van der Waals surface area contributed by atoms with Gasteiger partial charge in [-0.1, -0.05) is 18.2 Å². The fraction of sp³-hybridized carbons (Fsp3) is 0.364. The Morgan fingerprint density at radius 1 is 0.900 bits per heavy atom. The molecule has 8 heteroatoms. The molecule has 0 aromatic heterocycles. The second-order valence-electron chi connectivity index (χ2n) is 8.12. The number of nitrogens with two attached hydrogens (primary N) is 3. The molecule has 1 aliphatic carbocycles. The van der Waals surface area contributed by atoms with Gasteiger partial charge in [0.2, 0.25) is 5.91 Å². The number of hydrogen-bond acceptors (Lipinski definition) is 6. The number of phenols is 1. The highest BCUT2D eigenvalue weighted by Gasteiger charge is 2.48. The van der Waals surface area contributed by atoms with Crippen molar-refractivity contribution in [1.82, 2.24) is 9.80 Å². The lowest BCUT2D eigenvalue weighted by Gasteiger charge is -2.36. The van der Waals surface area contributed by atoms with E-state index in [9.17, 15) is 14.7 Å². The highest BCUT2D eigenvalue weighted by Crippen LogP contribution is 2.34. The third kappa shape index (κ3) is 3.89. The number of benzene rings is 2. The molecule has 7 N–H and O–H groups in total. The SMILES string of the molecule is NC(N)c1cc(-c2ccc(C(=O)N3CCN(C(=O)C4(N)CC4)CC3)cc2)ccc1O. The van der Waals surface area contributed by atoms with E-state index in [2.05, 4.69) is 0 Å². The Morgan fingerprint density at radius 2 is 1.47 bits per heavy atom. The van der Waals surface area contributed by atoms with E-state index in [0.717, 1.165) is 24.0 Å². The van der Waals surface area contributed by atoms with Gasteiger partial charge in [-0.2, -0.15) is 0 Å². The fourth-order valence-electron chi connectivity index (χ4n) is 3.76. The Hall–Kier alpha value is -2.94. The van der Waals surface area contributed by atoms with Crippen LogP contribution in [0.25, 0.3) is 11.1 Å². The van der Waals surface area contributed by atoms with Crippen molar-refractivity contribution in [3.63, 3.8) is 0 Å². The van der Waals surface area contributed by atoms with Gasteiger partial charge < -0.3 is 32.1 Å². The molecule has 1 heterocycles. The van der Waals surface area contributed by atoms with E-state index in [1.54, 1.807) is 40.1 Å². The van der Waals surface area contributed by atoms with Crippen molar-refractivity contribution in [2.75, 3.05) is 26.2 Å². The maximum absolute atomic E-state index is 12.9. The summed E-state index contributed by atoms with van der Waals surface area (Å²) in [5.74, 6) is 0.00254. The summed E-state index contributed by atoms with van der Waals surface area (Å²) in [6.07, 6.45) is 0.721. The van der Waals surface area contributed by atoms with Gasteiger partial charge >= 0.3 is 0 Å². The molecular weight excluding hydrogens is 382 g/mol. The molecular formula is C22H27N5O3. The molecule has 8 nitrogen and oxygen atoms in total. The minimum Gasteiger partial charge on any atom is -0.508 e. The molecule has 0 bridgehead atoms. The first kappa shape index (κ1) is 20.3. The van der Waals surface area contributed by atoms with Crippen molar-refractivity contribution in [2.45, 2.75) is 24.5 Å². The van der Waals surface area contributed by atoms with Crippen LogP contribution in [0.5, 0.6) is 5.75 Å². The van der Waals surface area contributed by atoms with Crippen LogP contribution >= 0.6 is 0 Å². The summed E-state index contributed by atoms with van der Waals surface area (Å²) in [4.78, 5) is 28.7. The van der Waals surface area contributed by atoms with Gasteiger partial charge in [-0.05, 0) is 48.2 Å². The first-order valence-electron chi connectivity index (χ1n) is 10.1. The predicted octanol–water partition coefficient (Wildman–Crippen LogP) is 0.751. The minimum absolute atomic E-state index is 0.00409. The lowest BCUT2D eigenvalue weighted by atomic mass is 10.00. The summed E-state index contributed by atoms with van der Waals surface area (Å²) in [5.41, 5.74) is 19.5. The Bertz CT molecular complexity index is 961. The predicted molar refractivity (Wildman–Crippen MR) is 113 cm³/mol. The van der Waals surface area contributed by atoms with E-state index in [1.807, 2.05) is 12.1 Å². The molecule has 1 saturated heterocycles. The topological polar surface area (TPSA) is 139 Å². The van der Waals surface area contributed by atoms with Crippen molar-refractivity contribution in [3.8, 4) is 16.9 Å². The van der Waals surface area contributed by atoms with Gasteiger partial charge in [0.15, 0.2) is 0 Å². The summed E-state index contributed by atoms with van der Waals surface area (Å²) < 4.78 is 0. The van der Waals surface area contributed by atoms with Crippen LogP contribution in [0, 0.1) is 0 Å². The van der Waals surface area contributed by atoms with Crippen LogP contribution < -0.4 is 17.2 Å². The Labute approximate surface area is 175 Å². The van der Waals surface area contributed by atoms with Gasteiger partial charge in [-0.3, -0.25) is 9.59 Å². The highest BCUT2D eigenvalue weighted by molar-refractivity contribution is 5.95. The van der Waals surface area contributed by atoms with Crippen LogP contribution in [0.15, 0.2) is 42.5 Å². The molecule has 1 aliphatic heterocycles. The molecule has 0 unspecified atom stereocenters. The molecule has 2 fully saturated rings. The van der Waals surface area contributed by atoms with Gasteiger partial charge in [0.1, 0.15) is 5.75 Å². The van der Waals surface area contributed by atoms with E-state index in [0.29, 0.717) is 37.3 Å². The van der Waals surface area contributed by atoms with Gasteiger partial charge in [-0.25, -0.2) is 0 Å². The van der Waals surface area contributed by atoms with E-state index in [1.165, 1.54) is 0 Å². The molecule has 0 radical (unpaired) electrons. The van der Waals surface area contributed by atoms with E-state index in [-0.39, 0.29) is 17.6 Å². The number of phenolic OH excluding ortho intramolecular Hbond substituents is 1. The summed E-state index contributed by atoms with van der Waals surface area (Å²) >= 11 is 0. The van der Waals surface area contributed by atoms with Crippen LogP contribution in [0.4, 0.5) is 0 Å². The second kappa shape index (κ2) is 7.71. The lowest BCUT2D eigenvalue weighted by molar-refractivity contribution is -0.135. The number of carbonyl (C=O) groups is 2. The van der Waals surface area contributed by atoms with Crippen LogP contribution in [-0.2, 0) is 4.79 Å². The molecule has 0 atom stereocenters. The zero-order valence-electron chi connectivity index (χ0n) is 16.8. The molecule has 2 aromatic carbocycles. The van der Waals surface area contributed by atoms with Gasteiger partial charge in [0.05, 0.1) is 11.7 Å². The van der Waals surface area contributed by atoms with E-state index < -0.39 is 11.7 Å². The molecule has 2 aliphatic rings. The second-order valence-corrected chi connectivity index (χ2v) is 8.12. The van der Waals surface area contributed by atoms with Crippen LogP contribution in [-0.4, -0.2) is 58.4 Å². The van der Waals surface area contributed by atoms with Crippen LogP contribution in [0.3, 0.4) is 0 Å². The van der Waals surface area contributed by atoms with Gasteiger partial charge in [-0.15, -0.1) is 0 Å². The average Bonchev–Trinajstić information content (AvgIpc) is 3.51. The maximum atomic E-state index is 12.9. The largest absolute Gasteiger partial charge is 0.508 e. The maximum Gasteiger partial charge on any atom is 0.253 e. The number of carbonyl (C=O) groups excluding carboxylic acids is 2. The van der Waals surface area contributed by atoms with E-state index >= 15 is 0 Å². The number of hydrogen-bond donors (Lipinski definition) is 4. The zero-order valence-corrected chi connectivity index (χ0v) is 16.8. The fourth-order valence-corrected chi connectivity index (χ4v) is 3.76. The van der Waals surface area contributed by atoms with E-state index in [4.69, 9.17) is 17.2 Å². The standard InChI is InChI=1S/C22H27N5O3/c23-19(24)17-13-16(5-6-18(17)28)14-1-3-15(4-2-14)20(29)26-9-11-27(12-10-26)21(30)22(25)7-8-22/h1-6,13,19,28H,7-12,23-25H2. The number of piperazine rings is 1. The third-order valence-electron chi connectivity index (χ3n) is 5.92. The summed E-state index contributed by atoms with van der Waals surface area (Å²) in [6.45, 7) is 2.02. The van der Waals surface area contributed by atoms with Crippen molar-refractivity contribution < 1.29 is 14.7 Å². The first-order chi connectivity index (χ1) is 14.3. The Kier molecular flexibility index (Phi) is 5.23. The highest BCUT2D eigenvalue weighted by atomic mass is 16.3. The molecule has 2 aromatic rings. The van der Waals surface area contributed by atoms with Crippen molar-refractivity contribution in [1.29, 1.82) is 0 Å². The number of nitrogens with zero attached hydrogens (tertiary/aromatic N) is 2. The van der Waals surface area contributed by atoms with Crippen molar-refractivity contribution >= 4 is 11.8 Å². The first-order valence-corrected chi connectivity index (χ1v) is 10.1. The molecule has 2 amide bonds. The number of rotatable bonds is 4. The summed E-state index contributed by atoms with van der Waals surface area (Å²) in [6, 6.07) is 12.4. The Balaban J connectivity index is 1.41. The monoisotopic (exact) mass is 409 g/mol. The van der Waals surface area contributed by atoms with Crippen LogP contribution in [0.1, 0.15) is 34.9 Å². The molecule has 1 saturated carbocycles. The summed E-state index contributed by atoms with van der Waals surface area (Å²) in [7, 11) is 0. The zero-order chi connectivity index (χ0) is 21.5. The summed E-state index contributed by atoms with van der Waals surface area (Å²) in [5, 5.41) is 9.87. The van der Waals surface area contributed by atoms with Gasteiger partial charge in [0, 0.05) is 37.3 Å². The lowest BCUT2D eigenvalue weighted by Crippen LogP contribution is -2.55. The Morgan fingerprint density at radius 3 is 2.03 bits per heavy atom. The van der Waals surface area contributed by atoms with Gasteiger partial charge in [0.25, 0.3) is 5.91 Å². The quantitative estimate of drug-likeness (QED) is 0.550. The van der Waals surface area contributed by atoms with Crippen molar-refractivity contribution in [3.05, 3.63) is 53.6 Å². The number of amides is 2. The smallest absolute Gasteiger partial charge is 0.253 e. The van der Waals surface area contributed by atoms with Crippen LogP contribution in [0.2, 0.25) is 0 Å². The minimum atomic E-state index is -0.773. The normalized spacial score (nSPS) is 17.9. The molecule has 158 valence electrons.